The van der Waals surface area contributed by atoms with Crippen LogP contribution in [-0.4, -0.2) is 10.5 Å². The fraction of sp³-hybridized carbons (Fsp3) is 0.917. The van der Waals surface area contributed by atoms with Crippen LogP contribution in [0.25, 0.3) is 0 Å². The first-order valence-corrected chi connectivity index (χ1v) is 7.42. The molecule has 0 bridgehead atoms. The van der Waals surface area contributed by atoms with Crippen LogP contribution in [0.5, 0.6) is 0 Å². The number of amides is 1. The molecule has 3 atom stereocenters. The molecular weight excluding hydrogens is 301 g/mol. The van der Waals surface area contributed by atoms with Crippen molar-refractivity contribution in [3.63, 3.8) is 0 Å². The highest BCUT2D eigenvalue weighted by molar-refractivity contribution is 14.1. The smallest absolute Gasteiger partial charge is 0.224 e. The summed E-state index contributed by atoms with van der Waals surface area (Å²) >= 11 is 2.20. The molecule has 15 heavy (non-hydrogen) atoms. The van der Waals surface area contributed by atoms with E-state index < -0.39 is 0 Å². The molecule has 1 aliphatic rings. The zero-order valence-corrected chi connectivity index (χ0v) is 12.1. The van der Waals surface area contributed by atoms with Gasteiger partial charge in [0.2, 0.25) is 5.91 Å². The minimum atomic E-state index is 0.253. The summed E-state index contributed by atoms with van der Waals surface area (Å²) < 4.78 is 0.728. The van der Waals surface area contributed by atoms with Gasteiger partial charge in [0.25, 0.3) is 0 Å². The van der Waals surface area contributed by atoms with Crippen molar-refractivity contribution < 1.29 is 4.79 Å². The molecule has 2 nitrogen and oxygen atoms in total. The van der Waals surface area contributed by atoms with Gasteiger partial charge < -0.3 is 5.32 Å². The van der Waals surface area contributed by atoms with E-state index in [0.29, 0.717) is 17.8 Å². The highest BCUT2D eigenvalue weighted by Gasteiger charge is 2.34. The van der Waals surface area contributed by atoms with Crippen LogP contribution >= 0.6 is 22.6 Å². The summed E-state index contributed by atoms with van der Waals surface area (Å²) in [6.45, 7) is 6.75. The Morgan fingerprint density at radius 3 is 2.67 bits per heavy atom. The first kappa shape index (κ1) is 13.3. The summed E-state index contributed by atoms with van der Waals surface area (Å²) in [5.74, 6) is 2.45. The Labute approximate surface area is 107 Å². The lowest BCUT2D eigenvalue weighted by Gasteiger charge is -2.36. The molecule has 1 fully saturated rings. The van der Waals surface area contributed by atoms with Crippen molar-refractivity contribution >= 4 is 28.5 Å². The molecule has 0 unspecified atom stereocenters. The second-order valence-corrected chi connectivity index (χ2v) is 5.87. The molecule has 0 heterocycles. The summed E-state index contributed by atoms with van der Waals surface area (Å²) in [5.41, 5.74) is 0. The van der Waals surface area contributed by atoms with Crippen LogP contribution in [0.2, 0.25) is 0 Å². The third-order valence-corrected chi connectivity index (χ3v) is 3.98. The lowest BCUT2D eigenvalue weighted by atomic mass is 9.70. The molecule has 1 amide bonds. The van der Waals surface area contributed by atoms with E-state index in [1.165, 1.54) is 12.8 Å². The van der Waals surface area contributed by atoms with Gasteiger partial charge in [0.05, 0.1) is 4.55 Å². The van der Waals surface area contributed by atoms with Crippen LogP contribution in [0, 0.1) is 23.7 Å². The van der Waals surface area contributed by atoms with E-state index in [0.717, 1.165) is 11.0 Å². The predicted molar refractivity (Wildman–Crippen MR) is 71.9 cm³/mol. The Hall–Kier alpha value is 0.200. The molecule has 0 aromatic rings. The Kier molecular flexibility index (Phi) is 5.36. The van der Waals surface area contributed by atoms with Crippen molar-refractivity contribution in [3.05, 3.63) is 0 Å². The molecule has 0 aromatic carbocycles. The third kappa shape index (κ3) is 3.61. The molecular formula is C12H22INO. The number of halogens is 1. The van der Waals surface area contributed by atoms with Crippen LogP contribution in [0.1, 0.15) is 40.0 Å². The maximum absolute atomic E-state index is 11.9. The molecule has 0 spiro atoms. The van der Waals surface area contributed by atoms with Gasteiger partial charge in [-0.1, -0.05) is 49.8 Å². The second-order valence-electron chi connectivity index (χ2n) is 5.11. The fourth-order valence-corrected chi connectivity index (χ4v) is 3.08. The van der Waals surface area contributed by atoms with Gasteiger partial charge in [-0.2, -0.15) is 0 Å². The Balaban J connectivity index is 2.65. The van der Waals surface area contributed by atoms with Gasteiger partial charge in [-0.05, 0) is 30.6 Å². The number of hydrogen-bond donors (Lipinski definition) is 1. The molecule has 88 valence electrons. The number of nitrogens with one attached hydrogen (secondary N) is 1. The maximum atomic E-state index is 11.9. The van der Waals surface area contributed by atoms with E-state index in [9.17, 15) is 4.79 Å². The van der Waals surface area contributed by atoms with E-state index in [1.807, 2.05) is 0 Å². The molecule has 0 saturated heterocycles. The Morgan fingerprint density at radius 1 is 1.47 bits per heavy atom. The van der Waals surface area contributed by atoms with Crippen LogP contribution in [0.15, 0.2) is 0 Å². The average Bonchev–Trinajstić information content (AvgIpc) is 2.17. The van der Waals surface area contributed by atoms with E-state index in [-0.39, 0.29) is 11.8 Å². The van der Waals surface area contributed by atoms with Crippen molar-refractivity contribution in [2.75, 3.05) is 4.55 Å². The molecule has 0 aromatic heterocycles. The van der Waals surface area contributed by atoms with E-state index in [1.54, 1.807) is 0 Å². The van der Waals surface area contributed by atoms with Crippen LogP contribution in [-0.2, 0) is 4.79 Å². The van der Waals surface area contributed by atoms with E-state index >= 15 is 0 Å². The van der Waals surface area contributed by atoms with Gasteiger partial charge in [-0.25, -0.2) is 0 Å². The molecule has 1 N–H and O–H groups in total. The summed E-state index contributed by atoms with van der Waals surface area (Å²) in [7, 11) is 0. The predicted octanol–water partition coefficient (Wildman–Crippen LogP) is 3.20. The fourth-order valence-electron chi connectivity index (χ4n) is 2.70. The molecule has 1 saturated carbocycles. The summed E-state index contributed by atoms with van der Waals surface area (Å²) in [5, 5.41) is 2.97. The standard InChI is InChI=1S/C12H22INO/c1-8(2)10-5-4-9(3)6-11(10)12(15)14-7-13/h8-11H,4-7H2,1-3H3,(H,14,15)/t9-,10+,11-/m1/s1. The Morgan fingerprint density at radius 2 is 2.13 bits per heavy atom. The van der Waals surface area contributed by atoms with Crippen molar-refractivity contribution in [3.8, 4) is 0 Å². The first-order valence-electron chi connectivity index (χ1n) is 5.90. The van der Waals surface area contributed by atoms with E-state index in [2.05, 4.69) is 48.7 Å². The molecule has 0 aliphatic heterocycles. The first-order chi connectivity index (χ1) is 7.06. The number of alkyl halides is 1. The number of rotatable bonds is 3. The lowest BCUT2D eigenvalue weighted by molar-refractivity contribution is -0.128. The number of hydrogen-bond acceptors (Lipinski definition) is 1. The largest absolute Gasteiger partial charge is 0.347 e. The van der Waals surface area contributed by atoms with Crippen LogP contribution < -0.4 is 5.32 Å². The zero-order valence-electron chi connectivity index (χ0n) is 9.92. The minimum Gasteiger partial charge on any atom is -0.347 e. The van der Waals surface area contributed by atoms with E-state index in [4.69, 9.17) is 0 Å². The summed E-state index contributed by atoms with van der Waals surface area (Å²) in [6.07, 6.45) is 3.58. The summed E-state index contributed by atoms with van der Waals surface area (Å²) in [4.78, 5) is 11.9. The van der Waals surface area contributed by atoms with Gasteiger partial charge in [-0.15, -0.1) is 0 Å². The Bertz CT molecular complexity index is 218. The third-order valence-electron chi connectivity index (χ3n) is 3.60. The average molecular weight is 323 g/mol. The zero-order chi connectivity index (χ0) is 11.4. The van der Waals surface area contributed by atoms with Crippen molar-refractivity contribution in [1.82, 2.24) is 5.32 Å². The highest BCUT2D eigenvalue weighted by atomic mass is 127. The minimum absolute atomic E-state index is 0.253. The van der Waals surface area contributed by atoms with Gasteiger partial charge >= 0.3 is 0 Å². The van der Waals surface area contributed by atoms with Gasteiger partial charge in [0, 0.05) is 5.92 Å². The quantitative estimate of drug-likeness (QED) is 0.482. The van der Waals surface area contributed by atoms with Crippen molar-refractivity contribution in [2.24, 2.45) is 23.7 Å². The van der Waals surface area contributed by atoms with Crippen LogP contribution in [0.3, 0.4) is 0 Å². The SMILES string of the molecule is CC(C)[C@@H]1CC[C@@H](C)C[C@H]1C(=O)NCI. The second kappa shape index (κ2) is 6.06. The molecule has 1 rings (SSSR count). The monoisotopic (exact) mass is 323 g/mol. The maximum Gasteiger partial charge on any atom is 0.224 e. The highest BCUT2D eigenvalue weighted by Crippen LogP contribution is 2.37. The molecule has 3 heteroatoms. The topological polar surface area (TPSA) is 29.1 Å². The van der Waals surface area contributed by atoms with Gasteiger partial charge in [0.1, 0.15) is 0 Å². The van der Waals surface area contributed by atoms with Crippen molar-refractivity contribution in [2.45, 2.75) is 40.0 Å². The lowest BCUT2D eigenvalue weighted by Crippen LogP contribution is -2.39. The van der Waals surface area contributed by atoms with Gasteiger partial charge in [-0.3, -0.25) is 4.79 Å². The molecule has 1 aliphatic carbocycles. The van der Waals surface area contributed by atoms with Gasteiger partial charge in [0.15, 0.2) is 0 Å². The number of carbonyl (C=O) groups excluding carboxylic acids is 1. The normalized spacial score (nSPS) is 31.7. The molecule has 0 radical (unpaired) electrons. The van der Waals surface area contributed by atoms with Crippen LogP contribution in [0.4, 0.5) is 0 Å². The summed E-state index contributed by atoms with van der Waals surface area (Å²) in [6, 6.07) is 0. The number of carbonyl (C=O) groups is 1. The van der Waals surface area contributed by atoms with Crippen molar-refractivity contribution in [1.29, 1.82) is 0 Å².